The van der Waals surface area contributed by atoms with Crippen molar-refractivity contribution in [3.8, 4) is 0 Å². The van der Waals surface area contributed by atoms with Gasteiger partial charge in [0.2, 0.25) is 0 Å². The van der Waals surface area contributed by atoms with Crippen LogP contribution in [0.4, 0.5) is 5.69 Å². The van der Waals surface area contributed by atoms with Crippen LogP contribution >= 0.6 is 11.8 Å². The Balaban J connectivity index is 1.29. The van der Waals surface area contributed by atoms with Gasteiger partial charge in [0, 0.05) is 21.7 Å². The first-order valence-electron chi connectivity index (χ1n) is 9.51. The van der Waals surface area contributed by atoms with Gasteiger partial charge in [-0.3, -0.25) is 14.4 Å². The lowest BCUT2D eigenvalue weighted by Crippen LogP contribution is -2.23. The SMILES string of the molecule is O=C(COC(=O)C1Cc2ccccc2S1)c1ccc(NC(=O)c2ccccc2)cc1. The highest BCUT2D eigenvalue weighted by atomic mass is 32.2. The van der Waals surface area contributed by atoms with Gasteiger partial charge >= 0.3 is 5.97 Å². The van der Waals surface area contributed by atoms with Crippen molar-refractivity contribution in [3.63, 3.8) is 0 Å². The van der Waals surface area contributed by atoms with Crippen molar-refractivity contribution in [1.82, 2.24) is 0 Å². The number of nitrogens with one attached hydrogen (secondary N) is 1. The molecular formula is C24H19NO4S. The second-order valence-electron chi connectivity index (χ2n) is 6.85. The van der Waals surface area contributed by atoms with E-state index in [4.69, 9.17) is 4.74 Å². The molecule has 5 nitrogen and oxygen atoms in total. The fourth-order valence-electron chi connectivity index (χ4n) is 3.16. The monoisotopic (exact) mass is 417 g/mol. The molecule has 3 aromatic rings. The number of fused-ring (bicyclic) bond motifs is 1. The average Bonchev–Trinajstić information content (AvgIpc) is 3.23. The summed E-state index contributed by atoms with van der Waals surface area (Å²) in [6.45, 7) is -0.304. The lowest BCUT2D eigenvalue weighted by atomic mass is 10.1. The largest absolute Gasteiger partial charge is 0.456 e. The summed E-state index contributed by atoms with van der Waals surface area (Å²) >= 11 is 1.47. The molecule has 0 saturated heterocycles. The molecule has 0 radical (unpaired) electrons. The molecule has 0 fully saturated rings. The quantitative estimate of drug-likeness (QED) is 0.476. The zero-order chi connectivity index (χ0) is 20.9. The van der Waals surface area contributed by atoms with Crippen molar-refractivity contribution in [2.24, 2.45) is 0 Å². The Kier molecular flexibility index (Phi) is 5.95. The van der Waals surface area contributed by atoms with Crippen LogP contribution in [0.25, 0.3) is 0 Å². The van der Waals surface area contributed by atoms with E-state index in [-0.39, 0.29) is 29.5 Å². The smallest absolute Gasteiger partial charge is 0.320 e. The highest BCUT2D eigenvalue weighted by Gasteiger charge is 2.29. The molecule has 0 aliphatic carbocycles. The number of rotatable bonds is 6. The number of hydrogen-bond donors (Lipinski definition) is 1. The second-order valence-corrected chi connectivity index (χ2v) is 8.09. The zero-order valence-corrected chi connectivity index (χ0v) is 16.9. The minimum absolute atomic E-state index is 0.223. The summed E-state index contributed by atoms with van der Waals surface area (Å²) in [4.78, 5) is 37.9. The van der Waals surface area contributed by atoms with Gasteiger partial charge in [-0.15, -0.1) is 11.8 Å². The Morgan fingerprint density at radius 2 is 1.57 bits per heavy atom. The minimum atomic E-state index is -0.378. The summed E-state index contributed by atoms with van der Waals surface area (Å²) in [6.07, 6.45) is 0.615. The van der Waals surface area contributed by atoms with Crippen LogP contribution in [0.3, 0.4) is 0 Å². The van der Waals surface area contributed by atoms with Crippen molar-refractivity contribution in [2.75, 3.05) is 11.9 Å². The van der Waals surface area contributed by atoms with Gasteiger partial charge < -0.3 is 10.1 Å². The Hall–Kier alpha value is -3.38. The number of anilines is 1. The molecule has 0 aromatic heterocycles. The number of benzene rings is 3. The van der Waals surface area contributed by atoms with Crippen LogP contribution in [-0.4, -0.2) is 29.5 Å². The highest BCUT2D eigenvalue weighted by molar-refractivity contribution is 8.01. The van der Waals surface area contributed by atoms with Gasteiger partial charge in [0.25, 0.3) is 5.91 Å². The molecule has 1 N–H and O–H groups in total. The number of carbonyl (C=O) groups excluding carboxylic acids is 3. The minimum Gasteiger partial charge on any atom is -0.456 e. The van der Waals surface area contributed by atoms with E-state index in [1.807, 2.05) is 30.3 Å². The maximum atomic E-state index is 12.4. The van der Waals surface area contributed by atoms with Crippen LogP contribution in [0, 0.1) is 0 Å². The number of ether oxygens (including phenoxy) is 1. The number of thioether (sulfide) groups is 1. The van der Waals surface area contributed by atoms with E-state index in [2.05, 4.69) is 5.32 Å². The first kappa shape index (κ1) is 19.9. The van der Waals surface area contributed by atoms with E-state index in [1.165, 1.54) is 11.8 Å². The molecule has 6 heteroatoms. The number of esters is 1. The zero-order valence-electron chi connectivity index (χ0n) is 16.0. The van der Waals surface area contributed by atoms with Gasteiger partial charge in [-0.2, -0.15) is 0 Å². The predicted molar refractivity (Wildman–Crippen MR) is 116 cm³/mol. The van der Waals surface area contributed by atoms with E-state index >= 15 is 0 Å². The maximum Gasteiger partial charge on any atom is 0.320 e. The van der Waals surface area contributed by atoms with E-state index < -0.39 is 0 Å². The molecular weight excluding hydrogens is 398 g/mol. The summed E-state index contributed by atoms with van der Waals surface area (Å²) in [5, 5.41) is 2.47. The first-order valence-corrected chi connectivity index (χ1v) is 10.4. The van der Waals surface area contributed by atoms with Crippen molar-refractivity contribution in [1.29, 1.82) is 0 Å². The maximum absolute atomic E-state index is 12.4. The third-order valence-electron chi connectivity index (χ3n) is 4.76. The molecule has 4 rings (SSSR count). The lowest BCUT2D eigenvalue weighted by Gasteiger charge is -2.09. The van der Waals surface area contributed by atoms with Crippen molar-refractivity contribution >= 4 is 35.1 Å². The molecule has 150 valence electrons. The first-order chi connectivity index (χ1) is 14.6. The van der Waals surface area contributed by atoms with Gasteiger partial charge in [0.15, 0.2) is 12.4 Å². The summed E-state index contributed by atoms with van der Waals surface area (Å²) in [7, 11) is 0. The Morgan fingerprint density at radius 1 is 0.867 bits per heavy atom. The molecule has 0 spiro atoms. The average molecular weight is 417 g/mol. The summed E-state index contributed by atoms with van der Waals surface area (Å²) in [5.74, 6) is -0.889. The molecule has 1 amide bonds. The fourth-order valence-corrected chi connectivity index (χ4v) is 4.35. The van der Waals surface area contributed by atoms with Crippen LogP contribution in [0.1, 0.15) is 26.3 Å². The summed E-state index contributed by atoms with van der Waals surface area (Å²) in [6, 6.07) is 23.3. The van der Waals surface area contributed by atoms with Gasteiger partial charge in [-0.1, -0.05) is 36.4 Å². The third-order valence-corrected chi connectivity index (χ3v) is 6.05. The Bertz CT molecular complexity index is 1050. The van der Waals surface area contributed by atoms with Crippen LogP contribution < -0.4 is 5.32 Å². The number of Topliss-reactive ketones (excluding diaryl/α,β-unsaturated/α-hetero) is 1. The van der Waals surface area contributed by atoms with Crippen LogP contribution in [0.2, 0.25) is 0 Å². The van der Waals surface area contributed by atoms with E-state index in [0.717, 1.165) is 10.5 Å². The molecule has 1 aliphatic heterocycles. The van der Waals surface area contributed by atoms with Crippen LogP contribution in [0.5, 0.6) is 0 Å². The molecule has 1 atom stereocenters. The summed E-state index contributed by atoms with van der Waals surface area (Å²) in [5.41, 5.74) is 2.68. The van der Waals surface area contributed by atoms with Gasteiger partial charge in [-0.05, 0) is 54.4 Å². The number of carbonyl (C=O) groups is 3. The highest BCUT2D eigenvalue weighted by Crippen LogP contribution is 2.37. The molecule has 30 heavy (non-hydrogen) atoms. The fraction of sp³-hybridized carbons (Fsp3) is 0.125. The van der Waals surface area contributed by atoms with E-state index in [9.17, 15) is 14.4 Å². The van der Waals surface area contributed by atoms with Gasteiger partial charge in [0.05, 0.1) is 0 Å². The normalized spacial score (nSPS) is 14.6. The summed E-state index contributed by atoms with van der Waals surface area (Å²) < 4.78 is 5.25. The molecule has 1 heterocycles. The number of ketones is 1. The lowest BCUT2D eigenvalue weighted by molar-refractivity contribution is -0.141. The predicted octanol–water partition coefficient (Wildman–Crippen LogP) is 4.38. The molecule has 0 saturated carbocycles. The molecule has 1 aliphatic rings. The molecule has 0 bridgehead atoms. The number of amides is 1. The van der Waals surface area contributed by atoms with Gasteiger partial charge in [0.1, 0.15) is 5.25 Å². The van der Waals surface area contributed by atoms with E-state index in [1.54, 1.807) is 48.5 Å². The standard InChI is InChI=1S/C24H19NO4S/c26-20(15-29-24(28)22-14-18-8-4-5-9-21(18)30-22)16-10-12-19(13-11-16)25-23(27)17-6-2-1-3-7-17/h1-13,22H,14-15H2,(H,25,27). The van der Waals surface area contributed by atoms with Crippen LogP contribution in [0.15, 0.2) is 83.8 Å². The molecule has 1 unspecified atom stereocenters. The topological polar surface area (TPSA) is 72.5 Å². The number of hydrogen-bond acceptors (Lipinski definition) is 5. The Morgan fingerprint density at radius 3 is 2.30 bits per heavy atom. The van der Waals surface area contributed by atoms with Crippen molar-refractivity contribution < 1.29 is 19.1 Å². The van der Waals surface area contributed by atoms with Gasteiger partial charge in [-0.25, -0.2) is 0 Å². The van der Waals surface area contributed by atoms with Crippen molar-refractivity contribution in [3.05, 3.63) is 95.6 Å². The Labute approximate surface area is 178 Å². The second kappa shape index (κ2) is 8.97. The van der Waals surface area contributed by atoms with Crippen LogP contribution in [-0.2, 0) is 16.0 Å². The van der Waals surface area contributed by atoms with E-state index in [0.29, 0.717) is 23.2 Å². The molecule has 3 aromatic carbocycles. The van der Waals surface area contributed by atoms with Crippen molar-refractivity contribution in [2.45, 2.75) is 16.6 Å². The third kappa shape index (κ3) is 4.60.